The lowest BCUT2D eigenvalue weighted by molar-refractivity contribution is 0.511. The first-order valence-corrected chi connectivity index (χ1v) is 10.8. The summed E-state index contributed by atoms with van der Waals surface area (Å²) < 4.78 is 19.6. The third-order valence-corrected chi connectivity index (χ3v) is 6.54. The number of nitrogens with zero attached hydrogens (tertiary/aromatic N) is 1. The third kappa shape index (κ3) is 3.98. The molecule has 2 aromatic heterocycles. The summed E-state index contributed by atoms with van der Waals surface area (Å²) in [5, 5.41) is 0.618. The average molecular weight is 386 g/mol. The molecule has 0 unspecified atom stereocenters. The van der Waals surface area contributed by atoms with E-state index in [0.29, 0.717) is 10.2 Å². The Bertz CT molecular complexity index is 992. The lowest BCUT2D eigenvalue weighted by atomic mass is 9.99. The van der Waals surface area contributed by atoms with Crippen molar-refractivity contribution in [2.45, 2.75) is 64.2 Å². The van der Waals surface area contributed by atoms with E-state index in [9.17, 15) is 9.18 Å². The highest BCUT2D eigenvalue weighted by molar-refractivity contribution is 7.18. The van der Waals surface area contributed by atoms with Gasteiger partial charge in [0.05, 0.1) is 5.56 Å². The molecule has 3 aromatic rings. The molecule has 5 heteroatoms. The van der Waals surface area contributed by atoms with Crippen LogP contribution in [0.15, 0.2) is 33.5 Å². The van der Waals surface area contributed by atoms with Crippen LogP contribution in [0.1, 0.15) is 61.8 Å². The van der Waals surface area contributed by atoms with Crippen LogP contribution in [0.25, 0.3) is 21.7 Å². The Kier molecular flexibility index (Phi) is 5.67. The van der Waals surface area contributed by atoms with Crippen LogP contribution < -0.4 is 5.63 Å². The van der Waals surface area contributed by atoms with Crippen molar-refractivity contribution in [3.05, 3.63) is 50.9 Å². The second-order valence-corrected chi connectivity index (χ2v) is 8.38. The van der Waals surface area contributed by atoms with Gasteiger partial charge in [-0.1, -0.05) is 50.7 Å². The number of hydrogen-bond acceptors (Lipinski definition) is 4. The molecule has 0 radical (unpaired) electrons. The van der Waals surface area contributed by atoms with Crippen molar-refractivity contribution >= 4 is 21.6 Å². The number of halogens is 1. The highest BCUT2D eigenvalue weighted by Crippen LogP contribution is 2.33. The molecule has 4 rings (SSSR count). The predicted molar refractivity (Wildman–Crippen MR) is 108 cm³/mol. The molecule has 1 aliphatic carbocycles. The maximum absolute atomic E-state index is 14.1. The minimum atomic E-state index is -0.428. The van der Waals surface area contributed by atoms with E-state index in [1.807, 2.05) is 0 Å². The SMILES string of the molecule is O=c1oc(-c2ccccc2F)nc2sc3c(c12)CCCCCCCCCC3. The van der Waals surface area contributed by atoms with E-state index in [0.717, 1.165) is 31.2 Å². The molecule has 0 spiro atoms. The van der Waals surface area contributed by atoms with E-state index < -0.39 is 5.82 Å². The number of aromatic nitrogens is 1. The van der Waals surface area contributed by atoms with Crippen molar-refractivity contribution in [2.24, 2.45) is 0 Å². The first-order valence-electron chi connectivity index (χ1n) is 9.94. The number of benzene rings is 1. The highest BCUT2D eigenvalue weighted by atomic mass is 32.1. The van der Waals surface area contributed by atoms with Gasteiger partial charge in [0.25, 0.3) is 0 Å². The van der Waals surface area contributed by atoms with E-state index in [-0.39, 0.29) is 17.1 Å². The maximum atomic E-state index is 14.1. The van der Waals surface area contributed by atoms with Gasteiger partial charge in [-0.2, -0.15) is 0 Å². The van der Waals surface area contributed by atoms with Crippen LogP contribution in [-0.4, -0.2) is 4.98 Å². The Balaban J connectivity index is 1.77. The summed E-state index contributed by atoms with van der Waals surface area (Å²) in [4.78, 5) is 19.2. The number of aryl methyl sites for hydroxylation is 2. The van der Waals surface area contributed by atoms with Gasteiger partial charge in [-0.15, -0.1) is 11.3 Å². The summed E-state index contributed by atoms with van der Waals surface area (Å²) >= 11 is 1.59. The van der Waals surface area contributed by atoms with Crippen LogP contribution in [0.3, 0.4) is 0 Å². The fourth-order valence-electron chi connectivity index (χ4n) is 3.91. The van der Waals surface area contributed by atoms with Gasteiger partial charge in [0.1, 0.15) is 16.0 Å². The molecule has 142 valence electrons. The van der Waals surface area contributed by atoms with Gasteiger partial charge in [0, 0.05) is 4.88 Å². The molecule has 3 nitrogen and oxygen atoms in total. The molecule has 0 aliphatic heterocycles. The molecular weight excluding hydrogens is 361 g/mol. The molecule has 0 saturated carbocycles. The van der Waals surface area contributed by atoms with Gasteiger partial charge >= 0.3 is 5.63 Å². The highest BCUT2D eigenvalue weighted by Gasteiger charge is 2.20. The summed E-state index contributed by atoms with van der Waals surface area (Å²) in [6.07, 6.45) is 11.8. The zero-order chi connectivity index (χ0) is 18.6. The molecule has 0 atom stereocenters. The van der Waals surface area contributed by atoms with E-state index in [4.69, 9.17) is 4.42 Å². The normalized spacial score (nSPS) is 16.5. The van der Waals surface area contributed by atoms with Crippen LogP contribution >= 0.6 is 11.3 Å². The van der Waals surface area contributed by atoms with Gasteiger partial charge < -0.3 is 4.42 Å². The predicted octanol–water partition coefficient (Wildman–Crippen LogP) is 6.28. The van der Waals surface area contributed by atoms with Gasteiger partial charge in [-0.05, 0) is 43.4 Å². The van der Waals surface area contributed by atoms with Gasteiger partial charge in [0.2, 0.25) is 5.89 Å². The third-order valence-electron chi connectivity index (χ3n) is 5.35. The molecule has 2 heterocycles. The quantitative estimate of drug-likeness (QED) is 0.495. The van der Waals surface area contributed by atoms with Crippen molar-refractivity contribution < 1.29 is 8.81 Å². The number of fused-ring (bicyclic) bond motifs is 3. The summed E-state index contributed by atoms with van der Waals surface area (Å²) in [5.74, 6) is -0.356. The van der Waals surface area contributed by atoms with Crippen LogP contribution in [-0.2, 0) is 12.8 Å². The zero-order valence-electron chi connectivity index (χ0n) is 15.4. The number of rotatable bonds is 1. The largest absolute Gasteiger partial charge is 0.403 e. The second-order valence-electron chi connectivity index (χ2n) is 7.30. The summed E-state index contributed by atoms with van der Waals surface area (Å²) in [6.45, 7) is 0. The molecule has 0 fully saturated rings. The minimum absolute atomic E-state index is 0.0721. The van der Waals surface area contributed by atoms with E-state index >= 15 is 0 Å². The zero-order valence-corrected chi connectivity index (χ0v) is 16.2. The molecule has 0 saturated heterocycles. The van der Waals surface area contributed by atoms with Crippen LogP contribution in [0, 0.1) is 5.82 Å². The van der Waals surface area contributed by atoms with Crippen molar-refractivity contribution in [3.8, 4) is 11.5 Å². The van der Waals surface area contributed by atoms with Crippen LogP contribution in [0.2, 0.25) is 0 Å². The fraction of sp³-hybridized carbons (Fsp3) is 0.455. The van der Waals surface area contributed by atoms with Crippen molar-refractivity contribution in [2.75, 3.05) is 0 Å². The fourth-order valence-corrected chi connectivity index (χ4v) is 5.15. The Morgan fingerprint density at radius 1 is 0.926 bits per heavy atom. The molecule has 0 N–H and O–H groups in total. The van der Waals surface area contributed by atoms with Gasteiger partial charge in [0.15, 0.2) is 0 Å². The number of thiophene rings is 1. The van der Waals surface area contributed by atoms with E-state index in [2.05, 4.69) is 4.98 Å². The van der Waals surface area contributed by atoms with Crippen molar-refractivity contribution in [3.63, 3.8) is 0 Å². The van der Waals surface area contributed by atoms with Crippen LogP contribution in [0.5, 0.6) is 0 Å². The molecule has 1 aliphatic rings. The number of hydrogen-bond donors (Lipinski definition) is 0. The summed E-state index contributed by atoms with van der Waals surface area (Å²) in [6, 6.07) is 6.28. The van der Waals surface area contributed by atoms with E-state index in [1.165, 1.54) is 49.5 Å². The second kappa shape index (κ2) is 8.34. The van der Waals surface area contributed by atoms with Gasteiger partial charge in [-0.3, -0.25) is 0 Å². The first kappa shape index (κ1) is 18.4. The van der Waals surface area contributed by atoms with E-state index in [1.54, 1.807) is 29.5 Å². The van der Waals surface area contributed by atoms with Crippen molar-refractivity contribution in [1.29, 1.82) is 0 Å². The van der Waals surface area contributed by atoms with Crippen molar-refractivity contribution in [1.82, 2.24) is 4.98 Å². The Morgan fingerprint density at radius 2 is 1.59 bits per heavy atom. The molecular formula is C22H24FNO2S. The maximum Gasteiger partial charge on any atom is 0.348 e. The summed E-state index contributed by atoms with van der Waals surface area (Å²) in [5.41, 5.74) is 0.971. The first-order chi connectivity index (χ1) is 13.2. The monoisotopic (exact) mass is 385 g/mol. The van der Waals surface area contributed by atoms with Gasteiger partial charge in [-0.25, -0.2) is 14.2 Å². The Hall–Kier alpha value is -2.01. The lowest BCUT2D eigenvalue weighted by Gasteiger charge is -2.07. The minimum Gasteiger partial charge on any atom is -0.403 e. The molecule has 0 bridgehead atoms. The molecule has 27 heavy (non-hydrogen) atoms. The lowest BCUT2D eigenvalue weighted by Crippen LogP contribution is -2.05. The average Bonchev–Trinajstić information content (AvgIpc) is 3.00. The smallest absolute Gasteiger partial charge is 0.348 e. The molecule has 0 amide bonds. The van der Waals surface area contributed by atoms with Crippen LogP contribution in [0.4, 0.5) is 4.39 Å². The standard InChI is InChI=1S/C22H24FNO2S/c23-17-13-10-9-11-15(17)20-24-21-19(22(25)26-20)16-12-7-5-3-1-2-4-6-8-14-18(16)27-21/h9-11,13H,1-8,12,14H2. The Morgan fingerprint density at radius 3 is 2.33 bits per heavy atom. The topological polar surface area (TPSA) is 43.1 Å². The summed E-state index contributed by atoms with van der Waals surface area (Å²) in [7, 11) is 0. The Labute approximate surface area is 162 Å². The molecule has 1 aromatic carbocycles.